The summed E-state index contributed by atoms with van der Waals surface area (Å²) in [6.07, 6.45) is 7.30. The molecule has 0 bridgehead atoms. The van der Waals surface area contributed by atoms with Crippen molar-refractivity contribution in [1.82, 2.24) is 0 Å². The minimum absolute atomic E-state index is 0.381. The van der Waals surface area contributed by atoms with Crippen molar-refractivity contribution in [3.63, 3.8) is 0 Å². The first-order valence-corrected chi connectivity index (χ1v) is 6.59. The van der Waals surface area contributed by atoms with Gasteiger partial charge in [0.15, 0.2) is 0 Å². The molecular formula is C16H26O3. The molecule has 3 heteroatoms. The van der Waals surface area contributed by atoms with Crippen molar-refractivity contribution in [1.29, 1.82) is 0 Å². The molecule has 0 radical (unpaired) electrons. The van der Waals surface area contributed by atoms with Crippen LogP contribution in [0.4, 0.5) is 0 Å². The van der Waals surface area contributed by atoms with Gasteiger partial charge >= 0.3 is 5.97 Å². The molecule has 0 rings (SSSR count). The minimum atomic E-state index is -0.549. The fourth-order valence-electron chi connectivity index (χ4n) is 1.71. The Morgan fingerprint density at radius 1 is 1.21 bits per heavy atom. The van der Waals surface area contributed by atoms with Crippen LogP contribution in [0.5, 0.6) is 0 Å². The molecule has 0 saturated carbocycles. The molecule has 0 unspecified atom stereocenters. The van der Waals surface area contributed by atoms with Crippen molar-refractivity contribution in [2.75, 3.05) is 7.11 Å². The van der Waals surface area contributed by atoms with Crippen LogP contribution in [0.1, 0.15) is 47.0 Å². The third kappa shape index (κ3) is 10.3. The Morgan fingerprint density at radius 3 is 2.37 bits per heavy atom. The number of aliphatic hydroxyl groups excluding tert-OH is 1. The highest BCUT2D eigenvalue weighted by molar-refractivity contribution is 5.82. The van der Waals surface area contributed by atoms with Crippen molar-refractivity contribution in [2.45, 2.75) is 53.1 Å². The van der Waals surface area contributed by atoms with Crippen molar-refractivity contribution in [2.24, 2.45) is 0 Å². The van der Waals surface area contributed by atoms with Gasteiger partial charge in [-0.25, -0.2) is 4.79 Å². The average molecular weight is 266 g/mol. The number of hydrogen-bond donors (Lipinski definition) is 1. The lowest BCUT2D eigenvalue weighted by Gasteiger charge is -2.08. The van der Waals surface area contributed by atoms with Crippen LogP contribution < -0.4 is 0 Å². The van der Waals surface area contributed by atoms with Gasteiger partial charge in [0.1, 0.15) is 0 Å². The maximum Gasteiger partial charge on any atom is 0.330 e. The predicted octanol–water partition coefficient (Wildman–Crippen LogP) is 3.55. The van der Waals surface area contributed by atoms with Gasteiger partial charge in [-0.05, 0) is 47.0 Å². The first kappa shape index (κ1) is 17.6. The molecule has 0 aliphatic carbocycles. The van der Waals surface area contributed by atoms with E-state index in [0.29, 0.717) is 6.42 Å². The second-order valence-corrected chi connectivity index (χ2v) is 5.12. The second kappa shape index (κ2) is 9.56. The molecule has 0 aromatic carbocycles. The van der Waals surface area contributed by atoms with Gasteiger partial charge in [0.2, 0.25) is 0 Å². The number of aliphatic hydroxyl groups is 1. The van der Waals surface area contributed by atoms with Gasteiger partial charge in [0, 0.05) is 6.08 Å². The summed E-state index contributed by atoms with van der Waals surface area (Å²) in [4.78, 5) is 11.0. The van der Waals surface area contributed by atoms with Crippen molar-refractivity contribution in [3.05, 3.63) is 34.9 Å². The number of esters is 1. The standard InChI is InChI=1S/C16H26O3/c1-12(2)7-6-8-13(3)9-15(17)10-14(4)11-16(18)19-5/h7,9,11,15,17H,6,8,10H2,1-5H3/b13-9+,14-11+/t15-/m1/s1. The van der Waals surface area contributed by atoms with Gasteiger partial charge in [-0.3, -0.25) is 0 Å². The van der Waals surface area contributed by atoms with Gasteiger partial charge in [-0.1, -0.05) is 28.9 Å². The van der Waals surface area contributed by atoms with E-state index in [1.165, 1.54) is 18.8 Å². The van der Waals surface area contributed by atoms with E-state index >= 15 is 0 Å². The Morgan fingerprint density at radius 2 is 1.84 bits per heavy atom. The SMILES string of the molecule is COC(=O)/C=C(\C)C[C@H](O)/C=C(\C)CCC=C(C)C. The molecule has 0 aliphatic heterocycles. The molecule has 3 nitrogen and oxygen atoms in total. The number of ether oxygens (including phenoxy) is 1. The largest absolute Gasteiger partial charge is 0.466 e. The summed E-state index contributed by atoms with van der Waals surface area (Å²) in [6.45, 7) is 7.98. The monoisotopic (exact) mass is 266 g/mol. The molecule has 1 N–H and O–H groups in total. The fourth-order valence-corrected chi connectivity index (χ4v) is 1.71. The van der Waals surface area contributed by atoms with Crippen LogP contribution >= 0.6 is 0 Å². The predicted molar refractivity (Wildman–Crippen MR) is 78.8 cm³/mol. The zero-order chi connectivity index (χ0) is 14.8. The van der Waals surface area contributed by atoms with E-state index < -0.39 is 6.10 Å². The number of hydrogen-bond acceptors (Lipinski definition) is 3. The van der Waals surface area contributed by atoms with Gasteiger partial charge in [0.05, 0.1) is 13.2 Å². The average Bonchev–Trinajstić information content (AvgIpc) is 2.27. The summed E-state index contributed by atoms with van der Waals surface area (Å²) in [5.41, 5.74) is 3.29. The molecular weight excluding hydrogens is 240 g/mol. The minimum Gasteiger partial charge on any atom is -0.466 e. The Balaban J connectivity index is 4.27. The second-order valence-electron chi connectivity index (χ2n) is 5.12. The summed E-state index contributed by atoms with van der Waals surface area (Å²) in [5, 5.41) is 9.90. The molecule has 0 aromatic rings. The zero-order valence-electron chi connectivity index (χ0n) is 12.7. The van der Waals surface area contributed by atoms with Crippen LogP contribution in [0.25, 0.3) is 0 Å². The number of carbonyl (C=O) groups is 1. The first-order valence-electron chi connectivity index (χ1n) is 6.59. The molecule has 1 atom stereocenters. The maximum atomic E-state index is 11.0. The smallest absolute Gasteiger partial charge is 0.330 e. The molecule has 0 amide bonds. The summed E-state index contributed by atoms with van der Waals surface area (Å²) in [6, 6.07) is 0. The van der Waals surface area contributed by atoms with E-state index in [-0.39, 0.29) is 5.97 Å². The Labute approximate surface area is 116 Å². The lowest BCUT2D eigenvalue weighted by atomic mass is 10.0. The molecule has 0 spiro atoms. The molecule has 0 fully saturated rings. The van der Waals surface area contributed by atoms with Crippen molar-refractivity contribution in [3.8, 4) is 0 Å². The summed E-state index contributed by atoms with van der Waals surface area (Å²) in [5.74, 6) is -0.381. The molecule has 0 aliphatic rings. The highest BCUT2D eigenvalue weighted by atomic mass is 16.5. The van der Waals surface area contributed by atoms with Crippen LogP contribution in [0.3, 0.4) is 0 Å². The van der Waals surface area contributed by atoms with Crippen LogP contribution in [0, 0.1) is 0 Å². The Kier molecular flexibility index (Phi) is 8.88. The van der Waals surface area contributed by atoms with E-state index in [1.807, 2.05) is 19.9 Å². The quantitative estimate of drug-likeness (QED) is 0.435. The number of carbonyl (C=O) groups excluding carboxylic acids is 1. The Hall–Kier alpha value is -1.35. The number of allylic oxidation sites excluding steroid dienone is 3. The third-order valence-corrected chi connectivity index (χ3v) is 2.66. The third-order valence-electron chi connectivity index (χ3n) is 2.66. The number of rotatable bonds is 7. The fraction of sp³-hybridized carbons (Fsp3) is 0.562. The van der Waals surface area contributed by atoms with Gasteiger partial charge in [-0.2, -0.15) is 0 Å². The number of methoxy groups -OCH3 is 1. The molecule has 0 aromatic heterocycles. The maximum absolute atomic E-state index is 11.0. The summed E-state index contributed by atoms with van der Waals surface area (Å²) in [7, 11) is 1.34. The zero-order valence-corrected chi connectivity index (χ0v) is 12.7. The van der Waals surface area contributed by atoms with Crippen molar-refractivity contribution < 1.29 is 14.6 Å². The van der Waals surface area contributed by atoms with Crippen LogP contribution in [0.2, 0.25) is 0 Å². The lowest BCUT2D eigenvalue weighted by Crippen LogP contribution is -2.05. The summed E-state index contributed by atoms with van der Waals surface area (Å²) < 4.78 is 4.54. The Bertz CT molecular complexity index is 371. The van der Waals surface area contributed by atoms with E-state index in [1.54, 1.807) is 0 Å². The molecule has 19 heavy (non-hydrogen) atoms. The van der Waals surface area contributed by atoms with E-state index in [0.717, 1.165) is 24.0 Å². The van der Waals surface area contributed by atoms with Crippen LogP contribution in [-0.4, -0.2) is 24.3 Å². The highest BCUT2D eigenvalue weighted by Crippen LogP contribution is 2.12. The van der Waals surface area contributed by atoms with Gasteiger partial charge in [0.25, 0.3) is 0 Å². The van der Waals surface area contributed by atoms with Crippen LogP contribution in [0.15, 0.2) is 34.9 Å². The molecule has 108 valence electrons. The van der Waals surface area contributed by atoms with Crippen molar-refractivity contribution >= 4 is 5.97 Å². The van der Waals surface area contributed by atoms with E-state index in [4.69, 9.17) is 0 Å². The lowest BCUT2D eigenvalue weighted by molar-refractivity contribution is -0.134. The topological polar surface area (TPSA) is 46.5 Å². The molecule has 0 heterocycles. The summed E-state index contributed by atoms with van der Waals surface area (Å²) >= 11 is 0. The molecule has 0 saturated heterocycles. The first-order chi connectivity index (χ1) is 8.85. The normalized spacial score (nSPS) is 14.0. The van der Waals surface area contributed by atoms with Crippen LogP contribution in [-0.2, 0) is 9.53 Å². The van der Waals surface area contributed by atoms with Gasteiger partial charge < -0.3 is 9.84 Å². The van der Waals surface area contributed by atoms with Gasteiger partial charge in [-0.15, -0.1) is 0 Å². The van der Waals surface area contributed by atoms with E-state index in [9.17, 15) is 9.90 Å². The van der Waals surface area contributed by atoms with E-state index in [2.05, 4.69) is 24.7 Å². The highest BCUT2D eigenvalue weighted by Gasteiger charge is 2.04.